The van der Waals surface area contributed by atoms with Gasteiger partial charge in [-0.05, 0) is 42.3 Å². The van der Waals surface area contributed by atoms with E-state index < -0.39 is 0 Å². The number of fused-ring (bicyclic) bond motifs is 1. The maximum atomic E-state index is 13.5. The van der Waals surface area contributed by atoms with E-state index in [9.17, 15) is 4.39 Å². The maximum absolute atomic E-state index is 13.5. The lowest BCUT2D eigenvalue weighted by Gasteiger charge is -2.09. The molecule has 0 atom stereocenters. The van der Waals surface area contributed by atoms with Crippen LogP contribution in [0, 0.1) is 12.7 Å². The fourth-order valence-corrected chi connectivity index (χ4v) is 2.32. The van der Waals surface area contributed by atoms with Crippen molar-refractivity contribution in [1.82, 2.24) is 0 Å². The van der Waals surface area contributed by atoms with Crippen molar-refractivity contribution in [3.63, 3.8) is 0 Å². The van der Waals surface area contributed by atoms with Gasteiger partial charge in [-0.1, -0.05) is 17.7 Å². The molecule has 104 valence electrons. The Bertz CT molecular complexity index is 661. The number of anilines is 1. The van der Waals surface area contributed by atoms with Crippen molar-refractivity contribution in [3.05, 3.63) is 52.3 Å². The number of halogens is 2. The third-order valence-electron chi connectivity index (χ3n) is 3.16. The lowest BCUT2D eigenvalue weighted by Crippen LogP contribution is -2.00. The minimum atomic E-state index is -0.223. The third kappa shape index (κ3) is 2.51. The summed E-state index contributed by atoms with van der Waals surface area (Å²) >= 11 is 6.11. The highest BCUT2D eigenvalue weighted by molar-refractivity contribution is 6.32. The van der Waals surface area contributed by atoms with Crippen LogP contribution in [-0.2, 0) is 6.54 Å². The number of rotatable bonds is 3. The van der Waals surface area contributed by atoms with Crippen molar-refractivity contribution < 1.29 is 13.9 Å². The van der Waals surface area contributed by atoms with Gasteiger partial charge in [-0.15, -0.1) is 0 Å². The quantitative estimate of drug-likeness (QED) is 0.923. The standard InChI is InChI=1S/C15H13ClFNO2/c1-9-2-3-11(6-13(9)17)18-7-10-4-12(16)15-14(5-10)19-8-20-15/h2-6,18H,7-8H2,1H3. The molecule has 0 fully saturated rings. The van der Waals surface area contributed by atoms with Crippen molar-refractivity contribution in [2.45, 2.75) is 13.5 Å². The summed E-state index contributed by atoms with van der Waals surface area (Å²) in [6, 6.07) is 8.74. The van der Waals surface area contributed by atoms with E-state index in [4.69, 9.17) is 21.1 Å². The molecule has 2 aromatic rings. The van der Waals surface area contributed by atoms with Crippen molar-refractivity contribution in [2.24, 2.45) is 0 Å². The summed E-state index contributed by atoms with van der Waals surface area (Å²) in [7, 11) is 0. The number of nitrogens with one attached hydrogen (secondary N) is 1. The number of hydrogen-bond acceptors (Lipinski definition) is 3. The zero-order valence-corrected chi connectivity index (χ0v) is 11.6. The van der Waals surface area contributed by atoms with E-state index in [0.29, 0.717) is 28.6 Å². The predicted molar refractivity (Wildman–Crippen MR) is 76.0 cm³/mol. The Morgan fingerprint density at radius 1 is 1.25 bits per heavy atom. The first-order valence-electron chi connectivity index (χ1n) is 6.21. The van der Waals surface area contributed by atoms with E-state index in [-0.39, 0.29) is 12.6 Å². The molecule has 3 rings (SSSR count). The summed E-state index contributed by atoms with van der Waals surface area (Å²) in [4.78, 5) is 0. The molecular formula is C15H13ClFNO2. The predicted octanol–water partition coefficient (Wildman–Crippen LogP) is 4.13. The number of hydrogen-bond donors (Lipinski definition) is 1. The van der Waals surface area contributed by atoms with Crippen LogP contribution in [0.4, 0.5) is 10.1 Å². The summed E-state index contributed by atoms with van der Waals surface area (Å²) in [6.07, 6.45) is 0. The lowest BCUT2D eigenvalue weighted by atomic mass is 10.2. The fraction of sp³-hybridized carbons (Fsp3) is 0.200. The smallest absolute Gasteiger partial charge is 0.231 e. The van der Waals surface area contributed by atoms with Crippen LogP contribution in [0.15, 0.2) is 30.3 Å². The van der Waals surface area contributed by atoms with Crippen LogP contribution >= 0.6 is 11.6 Å². The van der Waals surface area contributed by atoms with Gasteiger partial charge in [0.05, 0.1) is 5.02 Å². The highest BCUT2D eigenvalue weighted by Gasteiger charge is 2.18. The monoisotopic (exact) mass is 293 g/mol. The van der Waals surface area contributed by atoms with Crippen LogP contribution in [0.2, 0.25) is 5.02 Å². The first kappa shape index (κ1) is 13.1. The molecule has 0 amide bonds. The Morgan fingerprint density at radius 2 is 2.10 bits per heavy atom. The summed E-state index contributed by atoms with van der Waals surface area (Å²) in [6.45, 7) is 2.45. The Balaban J connectivity index is 1.75. The second kappa shape index (κ2) is 5.21. The molecular weight excluding hydrogens is 281 g/mol. The summed E-state index contributed by atoms with van der Waals surface area (Å²) in [5, 5.41) is 3.67. The second-order valence-electron chi connectivity index (χ2n) is 4.63. The molecule has 5 heteroatoms. The van der Waals surface area contributed by atoms with Gasteiger partial charge in [-0.25, -0.2) is 4.39 Å². The van der Waals surface area contributed by atoms with Gasteiger partial charge in [0.2, 0.25) is 6.79 Å². The van der Waals surface area contributed by atoms with Gasteiger partial charge in [-0.2, -0.15) is 0 Å². The van der Waals surface area contributed by atoms with Crippen molar-refractivity contribution in [2.75, 3.05) is 12.1 Å². The molecule has 1 aliphatic rings. The van der Waals surface area contributed by atoms with E-state index >= 15 is 0 Å². The van der Waals surface area contributed by atoms with Crippen LogP contribution in [-0.4, -0.2) is 6.79 Å². The molecule has 0 spiro atoms. The average Bonchev–Trinajstić information content (AvgIpc) is 2.89. The Labute approximate surface area is 121 Å². The molecule has 0 saturated heterocycles. The van der Waals surface area contributed by atoms with Gasteiger partial charge in [0, 0.05) is 12.2 Å². The first-order chi connectivity index (χ1) is 9.63. The molecule has 3 nitrogen and oxygen atoms in total. The van der Waals surface area contributed by atoms with Crippen LogP contribution in [0.5, 0.6) is 11.5 Å². The molecule has 2 aromatic carbocycles. The molecule has 0 radical (unpaired) electrons. The molecule has 0 aliphatic carbocycles. The molecule has 1 N–H and O–H groups in total. The van der Waals surface area contributed by atoms with Crippen LogP contribution in [0.1, 0.15) is 11.1 Å². The topological polar surface area (TPSA) is 30.5 Å². The SMILES string of the molecule is Cc1ccc(NCc2cc(Cl)c3c(c2)OCO3)cc1F. The van der Waals surface area contributed by atoms with Gasteiger partial charge in [0.25, 0.3) is 0 Å². The van der Waals surface area contributed by atoms with E-state index in [1.54, 1.807) is 13.0 Å². The Kier molecular flexibility index (Phi) is 3.40. The van der Waals surface area contributed by atoms with Crippen LogP contribution in [0.3, 0.4) is 0 Å². The Morgan fingerprint density at radius 3 is 2.90 bits per heavy atom. The van der Waals surface area contributed by atoms with Crippen molar-refractivity contribution in [3.8, 4) is 11.5 Å². The molecule has 0 aromatic heterocycles. The molecule has 1 aliphatic heterocycles. The lowest BCUT2D eigenvalue weighted by molar-refractivity contribution is 0.174. The van der Waals surface area contributed by atoms with Gasteiger partial charge >= 0.3 is 0 Å². The van der Waals surface area contributed by atoms with Gasteiger partial charge in [-0.3, -0.25) is 0 Å². The molecule has 0 bridgehead atoms. The third-order valence-corrected chi connectivity index (χ3v) is 3.44. The number of aryl methyl sites for hydroxylation is 1. The molecule has 20 heavy (non-hydrogen) atoms. The minimum Gasteiger partial charge on any atom is -0.454 e. The van der Waals surface area contributed by atoms with Gasteiger partial charge < -0.3 is 14.8 Å². The molecule has 1 heterocycles. The van der Waals surface area contributed by atoms with Gasteiger partial charge in [0.15, 0.2) is 11.5 Å². The van der Waals surface area contributed by atoms with E-state index in [1.165, 1.54) is 6.07 Å². The average molecular weight is 294 g/mol. The van der Waals surface area contributed by atoms with E-state index in [2.05, 4.69) is 5.32 Å². The summed E-state index contributed by atoms with van der Waals surface area (Å²) < 4.78 is 24.0. The normalized spacial score (nSPS) is 12.6. The van der Waals surface area contributed by atoms with E-state index in [0.717, 1.165) is 11.3 Å². The number of ether oxygens (including phenoxy) is 2. The molecule has 0 saturated carbocycles. The van der Waals surface area contributed by atoms with Crippen LogP contribution < -0.4 is 14.8 Å². The van der Waals surface area contributed by atoms with Crippen LogP contribution in [0.25, 0.3) is 0 Å². The number of benzene rings is 2. The highest BCUT2D eigenvalue weighted by atomic mass is 35.5. The van der Waals surface area contributed by atoms with Gasteiger partial charge in [0.1, 0.15) is 5.82 Å². The second-order valence-corrected chi connectivity index (χ2v) is 5.04. The van der Waals surface area contributed by atoms with Crippen molar-refractivity contribution >= 4 is 17.3 Å². The van der Waals surface area contributed by atoms with E-state index in [1.807, 2.05) is 18.2 Å². The zero-order chi connectivity index (χ0) is 14.1. The largest absolute Gasteiger partial charge is 0.454 e. The molecule has 0 unspecified atom stereocenters. The fourth-order valence-electron chi connectivity index (χ4n) is 2.03. The minimum absolute atomic E-state index is 0.190. The zero-order valence-electron chi connectivity index (χ0n) is 10.9. The maximum Gasteiger partial charge on any atom is 0.231 e. The van der Waals surface area contributed by atoms with Crippen molar-refractivity contribution in [1.29, 1.82) is 0 Å². The first-order valence-corrected chi connectivity index (χ1v) is 6.59. The Hall–Kier alpha value is -1.94. The highest BCUT2D eigenvalue weighted by Crippen LogP contribution is 2.39. The summed E-state index contributed by atoms with van der Waals surface area (Å²) in [5.74, 6) is 1.000. The summed E-state index contributed by atoms with van der Waals surface area (Å²) in [5.41, 5.74) is 2.30.